The zero-order chi connectivity index (χ0) is 13.2. The van der Waals surface area contributed by atoms with Gasteiger partial charge in [0.25, 0.3) is 0 Å². The van der Waals surface area contributed by atoms with E-state index in [9.17, 15) is 5.11 Å². The number of fused-ring (bicyclic) bond motifs is 1. The van der Waals surface area contributed by atoms with E-state index in [1.54, 1.807) is 18.3 Å². The molecule has 2 heterocycles. The van der Waals surface area contributed by atoms with Crippen LogP contribution in [0.2, 0.25) is 0 Å². The highest BCUT2D eigenvalue weighted by atomic mass is 16.3. The molecule has 0 atom stereocenters. The molecule has 0 bridgehead atoms. The Morgan fingerprint density at radius 1 is 1.26 bits per heavy atom. The van der Waals surface area contributed by atoms with Gasteiger partial charge in [-0.2, -0.15) is 5.10 Å². The minimum absolute atomic E-state index is 0.209. The fourth-order valence-corrected chi connectivity index (χ4v) is 1.97. The normalized spacial score (nSPS) is 10.8. The first-order valence-corrected chi connectivity index (χ1v) is 6.05. The number of aromatic nitrogens is 3. The number of benzene rings is 1. The maximum atomic E-state index is 9.73. The Bertz CT molecular complexity index is 720. The predicted octanol–water partition coefficient (Wildman–Crippen LogP) is 2.58. The van der Waals surface area contributed by atoms with Crippen molar-refractivity contribution in [1.29, 1.82) is 0 Å². The van der Waals surface area contributed by atoms with Gasteiger partial charge in [0, 0.05) is 16.8 Å². The molecule has 3 rings (SSSR count). The molecule has 0 unspecified atom stereocenters. The summed E-state index contributed by atoms with van der Waals surface area (Å²) >= 11 is 0. The van der Waals surface area contributed by atoms with Crippen molar-refractivity contribution in [3.63, 3.8) is 0 Å². The van der Waals surface area contributed by atoms with Crippen LogP contribution in [0.4, 0.5) is 5.69 Å². The quantitative estimate of drug-likeness (QED) is 0.671. The largest absolute Gasteiger partial charge is 0.506 e. The van der Waals surface area contributed by atoms with Crippen molar-refractivity contribution in [2.24, 2.45) is 0 Å². The Morgan fingerprint density at radius 3 is 3.05 bits per heavy atom. The van der Waals surface area contributed by atoms with Gasteiger partial charge < -0.3 is 10.4 Å². The third-order valence-electron chi connectivity index (χ3n) is 2.99. The summed E-state index contributed by atoms with van der Waals surface area (Å²) in [6.45, 7) is 2.38. The number of nitrogens with one attached hydrogen (secondary N) is 2. The van der Waals surface area contributed by atoms with E-state index in [2.05, 4.69) is 20.5 Å². The molecule has 0 aliphatic rings. The van der Waals surface area contributed by atoms with E-state index in [1.807, 2.05) is 25.1 Å². The number of rotatable bonds is 3. The number of aromatic hydroxyl groups is 1. The van der Waals surface area contributed by atoms with Crippen LogP contribution >= 0.6 is 0 Å². The van der Waals surface area contributed by atoms with E-state index < -0.39 is 0 Å². The van der Waals surface area contributed by atoms with Crippen LogP contribution in [0.25, 0.3) is 10.9 Å². The number of hydrogen-bond donors (Lipinski definition) is 3. The third-order valence-corrected chi connectivity index (χ3v) is 2.99. The molecule has 0 radical (unpaired) electrons. The average Bonchev–Trinajstić information content (AvgIpc) is 2.87. The Balaban J connectivity index is 1.79. The Morgan fingerprint density at radius 2 is 2.16 bits per heavy atom. The Hall–Kier alpha value is -2.56. The zero-order valence-corrected chi connectivity index (χ0v) is 10.5. The summed E-state index contributed by atoms with van der Waals surface area (Å²) in [7, 11) is 0. The number of aryl methyl sites for hydroxylation is 1. The number of nitrogens with zero attached hydrogens (tertiary/aromatic N) is 2. The summed E-state index contributed by atoms with van der Waals surface area (Å²) in [6, 6.07) is 9.40. The molecule has 0 aliphatic carbocycles. The fourth-order valence-electron chi connectivity index (χ4n) is 1.97. The van der Waals surface area contributed by atoms with Gasteiger partial charge in [0.2, 0.25) is 0 Å². The minimum atomic E-state index is 0.209. The standard InChI is InChI=1S/C14H14N4O/c1-9-2-5-14(19)13(17-9)8-15-11-4-3-10-7-16-18-12(10)6-11/h2-7,15,19H,8H2,1H3,(H,16,18). The minimum Gasteiger partial charge on any atom is -0.506 e. The molecule has 0 amide bonds. The molecule has 3 N–H and O–H groups in total. The average molecular weight is 254 g/mol. The Labute approximate surface area is 110 Å². The number of H-pyrrole nitrogens is 1. The van der Waals surface area contributed by atoms with Crippen LogP contribution in [-0.2, 0) is 6.54 Å². The monoisotopic (exact) mass is 254 g/mol. The second kappa shape index (κ2) is 4.61. The van der Waals surface area contributed by atoms with Crippen LogP contribution < -0.4 is 5.32 Å². The smallest absolute Gasteiger partial charge is 0.138 e. The Kier molecular flexibility index (Phi) is 2.79. The first-order chi connectivity index (χ1) is 9.22. The van der Waals surface area contributed by atoms with E-state index in [0.717, 1.165) is 22.3 Å². The fraction of sp³-hybridized carbons (Fsp3) is 0.143. The molecular formula is C14H14N4O. The maximum Gasteiger partial charge on any atom is 0.138 e. The highest BCUT2D eigenvalue weighted by molar-refractivity contribution is 5.81. The van der Waals surface area contributed by atoms with E-state index in [4.69, 9.17) is 0 Å². The van der Waals surface area contributed by atoms with Crippen LogP contribution in [-0.4, -0.2) is 20.3 Å². The van der Waals surface area contributed by atoms with Crippen molar-refractivity contribution in [2.45, 2.75) is 13.5 Å². The molecule has 0 saturated carbocycles. The lowest BCUT2D eigenvalue weighted by Gasteiger charge is -2.08. The summed E-state index contributed by atoms with van der Waals surface area (Å²) < 4.78 is 0. The summed E-state index contributed by atoms with van der Waals surface area (Å²) in [5.74, 6) is 0.209. The van der Waals surface area contributed by atoms with Crippen LogP contribution in [0.15, 0.2) is 36.5 Å². The molecule has 3 aromatic rings. The summed E-state index contributed by atoms with van der Waals surface area (Å²) in [5.41, 5.74) is 3.47. The van der Waals surface area contributed by atoms with E-state index >= 15 is 0 Å². The van der Waals surface area contributed by atoms with Gasteiger partial charge in [-0.3, -0.25) is 10.1 Å². The summed E-state index contributed by atoms with van der Waals surface area (Å²) in [6.07, 6.45) is 1.78. The molecule has 5 heteroatoms. The van der Waals surface area contributed by atoms with Crippen LogP contribution in [0, 0.1) is 6.92 Å². The van der Waals surface area contributed by atoms with Gasteiger partial charge in [0.1, 0.15) is 11.4 Å². The first kappa shape index (κ1) is 11.5. The van der Waals surface area contributed by atoms with Gasteiger partial charge >= 0.3 is 0 Å². The molecule has 2 aromatic heterocycles. The van der Waals surface area contributed by atoms with Crippen LogP contribution in [0.5, 0.6) is 5.75 Å². The van der Waals surface area contributed by atoms with Crippen molar-refractivity contribution >= 4 is 16.6 Å². The van der Waals surface area contributed by atoms with E-state index in [1.165, 1.54) is 0 Å². The van der Waals surface area contributed by atoms with Crippen molar-refractivity contribution in [2.75, 3.05) is 5.32 Å². The molecule has 0 fully saturated rings. The highest BCUT2D eigenvalue weighted by Gasteiger charge is 2.04. The van der Waals surface area contributed by atoms with Gasteiger partial charge in [0.05, 0.1) is 18.3 Å². The van der Waals surface area contributed by atoms with E-state index in [0.29, 0.717) is 12.2 Å². The lowest BCUT2D eigenvalue weighted by molar-refractivity contribution is 0.464. The first-order valence-electron chi connectivity index (χ1n) is 6.05. The molecule has 0 saturated heterocycles. The number of hydrogen-bond acceptors (Lipinski definition) is 4. The van der Waals surface area contributed by atoms with Gasteiger partial charge in [-0.05, 0) is 37.3 Å². The lowest BCUT2D eigenvalue weighted by atomic mass is 10.2. The topological polar surface area (TPSA) is 73.8 Å². The van der Waals surface area contributed by atoms with Crippen molar-refractivity contribution in [1.82, 2.24) is 15.2 Å². The predicted molar refractivity (Wildman–Crippen MR) is 74.1 cm³/mol. The second-order valence-corrected chi connectivity index (χ2v) is 4.44. The van der Waals surface area contributed by atoms with Gasteiger partial charge in [-0.1, -0.05) is 0 Å². The summed E-state index contributed by atoms with van der Waals surface area (Å²) in [5, 5.41) is 20.9. The molecule has 1 aromatic carbocycles. The van der Waals surface area contributed by atoms with Crippen molar-refractivity contribution < 1.29 is 5.11 Å². The van der Waals surface area contributed by atoms with Crippen molar-refractivity contribution in [3.05, 3.63) is 47.9 Å². The molecule has 0 spiro atoms. The highest BCUT2D eigenvalue weighted by Crippen LogP contribution is 2.19. The van der Waals surface area contributed by atoms with Crippen LogP contribution in [0.3, 0.4) is 0 Å². The third kappa shape index (κ3) is 2.35. The molecule has 96 valence electrons. The molecular weight excluding hydrogens is 240 g/mol. The molecule has 0 aliphatic heterocycles. The molecule has 5 nitrogen and oxygen atoms in total. The lowest BCUT2D eigenvalue weighted by Crippen LogP contribution is -2.02. The van der Waals surface area contributed by atoms with Gasteiger partial charge in [0.15, 0.2) is 0 Å². The SMILES string of the molecule is Cc1ccc(O)c(CNc2ccc3cn[nH]c3c2)n1. The van der Waals surface area contributed by atoms with E-state index in [-0.39, 0.29) is 5.75 Å². The summed E-state index contributed by atoms with van der Waals surface area (Å²) in [4.78, 5) is 4.31. The van der Waals surface area contributed by atoms with Gasteiger partial charge in [-0.15, -0.1) is 0 Å². The second-order valence-electron chi connectivity index (χ2n) is 4.44. The number of pyridine rings is 1. The van der Waals surface area contributed by atoms with Crippen LogP contribution in [0.1, 0.15) is 11.4 Å². The number of anilines is 1. The van der Waals surface area contributed by atoms with Gasteiger partial charge in [-0.25, -0.2) is 0 Å². The molecule has 19 heavy (non-hydrogen) atoms. The zero-order valence-electron chi connectivity index (χ0n) is 10.5. The van der Waals surface area contributed by atoms with Crippen molar-refractivity contribution in [3.8, 4) is 5.75 Å². The maximum absolute atomic E-state index is 9.73. The number of aromatic amines is 1.